The van der Waals surface area contributed by atoms with E-state index in [0.29, 0.717) is 38.4 Å². The third kappa shape index (κ3) is 4.37. The first kappa shape index (κ1) is 19.6. The monoisotopic (exact) mass is 472 g/mol. The van der Waals surface area contributed by atoms with Gasteiger partial charge >= 0.3 is 0 Å². The number of Topliss-reactive ketones (excluding diaryl/α,β-unsaturated/α-hetero) is 1. The summed E-state index contributed by atoms with van der Waals surface area (Å²) in [5.41, 5.74) is 0.448. The fourth-order valence-corrected chi connectivity index (χ4v) is 4.67. The molecule has 2 heterocycles. The minimum Gasteiger partial charge on any atom is -0.383 e. The Bertz CT molecular complexity index is 1020. The molecule has 9 heteroatoms. The average molecular weight is 474 g/mol. The van der Waals surface area contributed by atoms with Crippen molar-refractivity contribution in [3.8, 4) is 0 Å². The lowest BCUT2D eigenvalue weighted by molar-refractivity contribution is 0.102. The van der Waals surface area contributed by atoms with Crippen LogP contribution >= 0.6 is 50.6 Å². The molecule has 26 heavy (non-hydrogen) atoms. The number of hydrogen-bond acceptors (Lipinski definition) is 6. The van der Waals surface area contributed by atoms with E-state index in [2.05, 4.69) is 20.9 Å². The Morgan fingerprint density at radius 3 is 2.88 bits per heavy atom. The first-order chi connectivity index (χ1) is 12.5. The summed E-state index contributed by atoms with van der Waals surface area (Å²) >= 11 is 11.8. The number of carbonyl (C=O) groups is 1. The molecule has 5 nitrogen and oxygen atoms in total. The predicted octanol–water partition coefficient (Wildman–Crippen LogP) is 4.50. The van der Waals surface area contributed by atoms with Gasteiger partial charge in [0.1, 0.15) is 0 Å². The molecule has 0 fully saturated rings. The second-order valence-corrected chi connectivity index (χ2v) is 8.89. The number of fused-ring (bicyclic) bond motifs is 1. The topological polar surface area (TPSA) is 61.2 Å². The van der Waals surface area contributed by atoms with Gasteiger partial charge in [-0.15, -0.1) is 11.3 Å². The summed E-state index contributed by atoms with van der Waals surface area (Å²) < 4.78 is 8.04. The Hall–Kier alpha value is -1.19. The number of benzene rings is 1. The van der Waals surface area contributed by atoms with Gasteiger partial charge in [0.2, 0.25) is 0 Å². The zero-order valence-corrected chi connectivity index (χ0v) is 17.7. The number of rotatable bonds is 7. The summed E-state index contributed by atoms with van der Waals surface area (Å²) in [6, 6.07) is 8.78. The number of ketones is 1. The van der Waals surface area contributed by atoms with Gasteiger partial charge in [0.15, 0.2) is 10.9 Å². The van der Waals surface area contributed by atoms with Crippen molar-refractivity contribution in [2.24, 2.45) is 0 Å². The Kier molecular flexibility index (Phi) is 6.52. The van der Waals surface area contributed by atoms with E-state index >= 15 is 0 Å². The highest BCUT2D eigenvalue weighted by atomic mass is 79.9. The Morgan fingerprint density at radius 1 is 1.38 bits per heavy atom. The van der Waals surface area contributed by atoms with Crippen LogP contribution in [0, 0.1) is 0 Å². The first-order valence-electron chi connectivity index (χ1n) is 7.60. The fraction of sp³-hybridized carbons (Fsp3) is 0.235. The number of nitrogens with zero attached hydrogens (tertiary/aromatic N) is 2. The SMILES string of the molecule is COCCn1c(SCC(=O)c2ccc(Cl)s2)nc2ccc(Br)cc2c1=O. The molecule has 0 N–H and O–H groups in total. The molecule has 0 radical (unpaired) electrons. The lowest BCUT2D eigenvalue weighted by Crippen LogP contribution is -2.25. The van der Waals surface area contributed by atoms with Crippen molar-refractivity contribution in [3.63, 3.8) is 0 Å². The van der Waals surface area contributed by atoms with Crippen LogP contribution in [0.5, 0.6) is 0 Å². The van der Waals surface area contributed by atoms with E-state index in [0.717, 1.165) is 4.47 Å². The van der Waals surface area contributed by atoms with E-state index in [1.165, 1.54) is 23.1 Å². The van der Waals surface area contributed by atoms with E-state index in [4.69, 9.17) is 16.3 Å². The molecule has 0 atom stereocenters. The maximum atomic E-state index is 12.9. The summed E-state index contributed by atoms with van der Waals surface area (Å²) in [7, 11) is 1.58. The van der Waals surface area contributed by atoms with Crippen LogP contribution in [0.1, 0.15) is 9.67 Å². The lowest BCUT2D eigenvalue weighted by atomic mass is 10.2. The van der Waals surface area contributed by atoms with Crippen LogP contribution in [0.3, 0.4) is 0 Å². The molecular weight excluding hydrogens is 460 g/mol. The van der Waals surface area contributed by atoms with Gasteiger partial charge in [0.25, 0.3) is 5.56 Å². The van der Waals surface area contributed by atoms with Crippen molar-refractivity contribution in [1.29, 1.82) is 0 Å². The highest BCUT2D eigenvalue weighted by Crippen LogP contribution is 2.25. The molecule has 1 aromatic carbocycles. The molecular formula is C17H14BrClN2O3S2. The number of methoxy groups -OCH3 is 1. The summed E-state index contributed by atoms with van der Waals surface area (Å²) in [6.45, 7) is 0.745. The number of ether oxygens (including phenoxy) is 1. The van der Waals surface area contributed by atoms with Crippen LogP contribution in [-0.4, -0.2) is 34.8 Å². The van der Waals surface area contributed by atoms with E-state index < -0.39 is 0 Å². The van der Waals surface area contributed by atoms with Crippen molar-refractivity contribution < 1.29 is 9.53 Å². The largest absolute Gasteiger partial charge is 0.383 e. The standard InChI is InChI=1S/C17H14BrClN2O3S2/c1-24-7-6-21-16(23)11-8-10(18)2-3-12(11)20-17(21)25-9-13(22)14-4-5-15(19)26-14/h2-5,8H,6-7,9H2,1H3. The van der Waals surface area contributed by atoms with Crippen LogP contribution in [0.15, 0.2) is 44.8 Å². The molecule has 0 spiro atoms. The van der Waals surface area contributed by atoms with Crippen LogP contribution < -0.4 is 5.56 Å². The Morgan fingerprint density at radius 2 is 2.19 bits per heavy atom. The summed E-state index contributed by atoms with van der Waals surface area (Å²) in [5.74, 6) is 0.133. The Balaban J connectivity index is 1.93. The first-order valence-corrected chi connectivity index (χ1v) is 10.6. The van der Waals surface area contributed by atoms with Crippen LogP contribution in [-0.2, 0) is 11.3 Å². The van der Waals surface area contributed by atoms with E-state index in [-0.39, 0.29) is 17.1 Å². The molecule has 2 aromatic heterocycles. The highest BCUT2D eigenvalue weighted by molar-refractivity contribution is 9.10. The van der Waals surface area contributed by atoms with Gasteiger partial charge in [0.05, 0.1) is 39.0 Å². The third-order valence-corrected chi connectivity index (χ3v) is 6.32. The third-order valence-electron chi connectivity index (χ3n) is 3.58. The summed E-state index contributed by atoms with van der Waals surface area (Å²) in [6.07, 6.45) is 0. The summed E-state index contributed by atoms with van der Waals surface area (Å²) in [4.78, 5) is 30.4. The van der Waals surface area contributed by atoms with Crippen molar-refractivity contribution >= 4 is 67.3 Å². The smallest absolute Gasteiger partial charge is 0.262 e. The number of thioether (sulfide) groups is 1. The predicted molar refractivity (Wildman–Crippen MR) is 110 cm³/mol. The van der Waals surface area contributed by atoms with Gasteiger partial charge in [-0.1, -0.05) is 39.3 Å². The number of carbonyl (C=O) groups excluding carboxylic acids is 1. The van der Waals surface area contributed by atoms with Crippen LogP contribution in [0.4, 0.5) is 0 Å². The zero-order valence-electron chi connectivity index (χ0n) is 13.7. The minimum atomic E-state index is -0.150. The lowest BCUT2D eigenvalue weighted by Gasteiger charge is -2.12. The van der Waals surface area contributed by atoms with Gasteiger partial charge in [-0.05, 0) is 30.3 Å². The zero-order chi connectivity index (χ0) is 18.7. The maximum Gasteiger partial charge on any atom is 0.262 e. The maximum absolute atomic E-state index is 12.9. The molecule has 0 aliphatic rings. The van der Waals surface area contributed by atoms with Crippen molar-refractivity contribution in [1.82, 2.24) is 9.55 Å². The molecule has 3 aromatic rings. The van der Waals surface area contributed by atoms with Gasteiger partial charge in [-0.2, -0.15) is 0 Å². The van der Waals surface area contributed by atoms with Gasteiger partial charge in [-0.25, -0.2) is 4.98 Å². The molecule has 0 aliphatic heterocycles. The Labute approximate surface area is 171 Å². The van der Waals surface area contributed by atoms with E-state index in [1.54, 1.807) is 35.9 Å². The highest BCUT2D eigenvalue weighted by Gasteiger charge is 2.15. The molecule has 136 valence electrons. The molecule has 0 saturated heterocycles. The van der Waals surface area contributed by atoms with Gasteiger partial charge < -0.3 is 4.74 Å². The van der Waals surface area contributed by atoms with Crippen molar-refractivity contribution in [2.45, 2.75) is 11.7 Å². The van der Waals surface area contributed by atoms with Gasteiger partial charge in [-0.3, -0.25) is 14.2 Å². The number of aromatic nitrogens is 2. The van der Waals surface area contributed by atoms with E-state index in [9.17, 15) is 9.59 Å². The quantitative estimate of drug-likeness (QED) is 0.287. The molecule has 0 aliphatic carbocycles. The van der Waals surface area contributed by atoms with Crippen molar-refractivity contribution in [2.75, 3.05) is 19.5 Å². The second-order valence-electron chi connectivity index (χ2n) is 5.32. The van der Waals surface area contributed by atoms with Crippen LogP contribution in [0.2, 0.25) is 4.34 Å². The molecule has 0 unspecified atom stereocenters. The fourth-order valence-electron chi connectivity index (χ4n) is 2.33. The van der Waals surface area contributed by atoms with E-state index in [1.807, 2.05) is 6.07 Å². The average Bonchev–Trinajstić information content (AvgIpc) is 3.06. The second kappa shape index (κ2) is 8.67. The molecule has 3 rings (SSSR count). The van der Waals surface area contributed by atoms with Gasteiger partial charge in [0, 0.05) is 11.6 Å². The molecule has 0 bridgehead atoms. The number of halogens is 2. The van der Waals surface area contributed by atoms with Crippen LogP contribution in [0.25, 0.3) is 10.9 Å². The summed E-state index contributed by atoms with van der Waals surface area (Å²) in [5, 5.41) is 1.02. The van der Waals surface area contributed by atoms with Crippen molar-refractivity contribution in [3.05, 3.63) is 54.4 Å². The number of hydrogen-bond donors (Lipinski definition) is 0. The normalized spacial score (nSPS) is 11.2. The molecule has 0 saturated carbocycles. The number of thiophene rings is 1. The molecule has 0 amide bonds. The minimum absolute atomic E-state index is 0.0460.